The third-order valence-electron chi connectivity index (χ3n) is 5.73. The summed E-state index contributed by atoms with van der Waals surface area (Å²) in [6.07, 6.45) is 6.14. The number of nitrogens with one attached hydrogen (secondary N) is 1. The summed E-state index contributed by atoms with van der Waals surface area (Å²) in [6.45, 7) is 4.94. The maximum atomic E-state index is 12.4. The lowest BCUT2D eigenvalue weighted by Crippen LogP contribution is -2.43. The van der Waals surface area contributed by atoms with Crippen LogP contribution in [0.4, 0.5) is 11.5 Å². The van der Waals surface area contributed by atoms with Gasteiger partial charge in [0, 0.05) is 43.7 Å². The molecule has 0 spiro atoms. The van der Waals surface area contributed by atoms with E-state index in [2.05, 4.69) is 34.5 Å². The lowest BCUT2D eigenvalue weighted by molar-refractivity contribution is -0.117. The summed E-state index contributed by atoms with van der Waals surface area (Å²) in [4.78, 5) is 18.6. The van der Waals surface area contributed by atoms with E-state index < -0.39 is 0 Å². The minimum Gasteiger partial charge on any atom is -0.383 e. The lowest BCUT2D eigenvalue weighted by atomic mass is 9.89. The highest BCUT2D eigenvalue weighted by molar-refractivity contribution is 5.94. The minimum absolute atomic E-state index is 0.0221. The second kappa shape index (κ2) is 9.20. The number of nitriles is 1. The first-order chi connectivity index (χ1) is 15.5. The van der Waals surface area contributed by atoms with Gasteiger partial charge in [0.1, 0.15) is 11.9 Å². The first-order valence-electron chi connectivity index (χ1n) is 10.6. The van der Waals surface area contributed by atoms with Crippen molar-refractivity contribution in [1.29, 1.82) is 5.26 Å². The molecule has 2 atom stereocenters. The van der Waals surface area contributed by atoms with E-state index in [0.717, 1.165) is 28.8 Å². The van der Waals surface area contributed by atoms with Gasteiger partial charge in [0.25, 0.3) is 0 Å². The molecule has 1 N–H and O–H groups in total. The van der Waals surface area contributed by atoms with E-state index in [-0.39, 0.29) is 18.0 Å². The van der Waals surface area contributed by atoms with Crippen molar-refractivity contribution >= 4 is 17.4 Å². The maximum absolute atomic E-state index is 12.4. The predicted octanol–water partition coefficient (Wildman–Crippen LogP) is 3.76. The van der Waals surface area contributed by atoms with Gasteiger partial charge in [-0.05, 0) is 48.7 Å². The van der Waals surface area contributed by atoms with Crippen LogP contribution in [-0.4, -0.2) is 40.4 Å². The van der Waals surface area contributed by atoms with Gasteiger partial charge in [-0.1, -0.05) is 6.07 Å². The molecule has 164 valence electrons. The first kappa shape index (κ1) is 21.5. The summed E-state index contributed by atoms with van der Waals surface area (Å²) in [5.74, 6) is 0.718. The van der Waals surface area contributed by atoms with Crippen molar-refractivity contribution in [2.75, 3.05) is 23.9 Å². The van der Waals surface area contributed by atoms with E-state index in [9.17, 15) is 4.79 Å². The van der Waals surface area contributed by atoms with E-state index in [1.54, 1.807) is 26.3 Å². The zero-order valence-corrected chi connectivity index (χ0v) is 18.4. The number of hydrogen-bond acceptors (Lipinski definition) is 6. The Bertz CT molecular complexity index is 1150. The van der Waals surface area contributed by atoms with Crippen LogP contribution in [0.3, 0.4) is 0 Å². The second-order valence-electron chi connectivity index (χ2n) is 7.97. The highest BCUT2D eigenvalue weighted by Gasteiger charge is 2.32. The molecule has 0 saturated heterocycles. The van der Waals surface area contributed by atoms with Crippen molar-refractivity contribution in [2.45, 2.75) is 38.9 Å². The average molecular weight is 431 g/mol. The van der Waals surface area contributed by atoms with Gasteiger partial charge in [-0.2, -0.15) is 10.4 Å². The van der Waals surface area contributed by atoms with Crippen LogP contribution in [-0.2, 0) is 16.1 Å². The number of carbonyl (C=O) groups is 1. The molecule has 1 aliphatic heterocycles. The predicted molar refractivity (Wildman–Crippen MR) is 122 cm³/mol. The summed E-state index contributed by atoms with van der Waals surface area (Å²) < 4.78 is 6.99. The zero-order valence-electron chi connectivity index (χ0n) is 18.4. The molecule has 2 unspecified atom stereocenters. The highest BCUT2D eigenvalue weighted by atomic mass is 16.5. The van der Waals surface area contributed by atoms with Crippen LogP contribution in [0.25, 0.3) is 11.1 Å². The molecule has 3 heterocycles. The van der Waals surface area contributed by atoms with Crippen LogP contribution in [0.15, 0.2) is 48.9 Å². The summed E-state index contributed by atoms with van der Waals surface area (Å²) in [5, 5.41) is 16.9. The van der Waals surface area contributed by atoms with Gasteiger partial charge in [-0.15, -0.1) is 0 Å². The SMILES string of the molecule is COCCn1cc(-c2ccc3c(c2)C(Nc2ccc(C#N)cn2)CC(C)N3C(C)=O)cn1. The van der Waals surface area contributed by atoms with E-state index >= 15 is 0 Å². The van der Waals surface area contributed by atoms with Gasteiger partial charge in [0.05, 0.1) is 31.0 Å². The van der Waals surface area contributed by atoms with Crippen LogP contribution >= 0.6 is 0 Å². The molecule has 0 aliphatic carbocycles. The minimum atomic E-state index is -0.0282. The third kappa shape index (κ3) is 4.34. The molecule has 0 fully saturated rings. The van der Waals surface area contributed by atoms with Crippen molar-refractivity contribution < 1.29 is 9.53 Å². The van der Waals surface area contributed by atoms with Gasteiger partial charge in [-0.3, -0.25) is 9.48 Å². The quantitative estimate of drug-likeness (QED) is 0.640. The fourth-order valence-corrected chi connectivity index (χ4v) is 4.20. The normalized spacial score (nSPS) is 17.5. The summed E-state index contributed by atoms with van der Waals surface area (Å²) >= 11 is 0. The number of benzene rings is 1. The van der Waals surface area contributed by atoms with Gasteiger partial charge >= 0.3 is 0 Å². The number of methoxy groups -OCH3 is 1. The molecular formula is C24H26N6O2. The van der Waals surface area contributed by atoms with Gasteiger partial charge in [0.15, 0.2) is 0 Å². The maximum Gasteiger partial charge on any atom is 0.224 e. The number of fused-ring (bicyclic) bond motifs is 1. The van der Waals surface area contributed by atoms with Gasteiger partial charge < -0.3 is 15.0 Å². The largest absolute Gasteiger partial charge is 0.383 e. The Morgan fingerprint density at radius 2 is 2.12 bits per heavy atom. The number of nitrogens with zero attached hydrogens (tertiary/aromatic N) is 5. The molecule has 1 amide bonds. The van der Waals surface area contributed by atoms with Crippen LogP contribution in [0, 0.1) is 11.3 Å². The molecule has 0 radical (unpaired) electrons. The molecule has 4 rings (SSSR count). The Kier molecular flexibility index (Phi) is 6.19. The molecule has 2 aromatic heterocycles. The molecular weight excluding hydrogens is 404 g/mol. The number of hydrogen-bond donors (Lipinski definition) is 1. The van der Waals surface area contributed by atoms with E-state index in [1.165, 1.54) is 0 Å². The molecule has 0 bridgehead atoms. The van der Waals surface area contributed by atoms with Crippen molar-refractivity contribution in [1.82, 2.24) is 14.8 Å². The Morgan fingerprint density at radius 3 is 2.81 bits per heavy atom. The van der Waals surface area contributed by atoms with Gasteiger partial charge in [-0.25, -0.2) is 4.98 Å². The fraction of sp³-hybridized carbons (Fsp3) is 0.333. The lowest BCUT2D eigenvalue weighted by Gasteiger charge is -2.39. The Hall–Kier alpha value is -3.70. The molecule has 8 nitrogen and oxygen atoms in total. The first-order valence-corrected chi connectivity index (χ1v) is 10.6. The summed E-state index contributed by atoms with van der Waals surface area (Å²) in [7, 11) is 1.67. The Labute approximate surface area is 187 Å². The van der Waals surface area contributed by atoms with Crippen molar-refractivity contribution in [3.8, 4) is 17.2 Å². The van der Waals surface area contributed by atoms with E-state index in [4.69, 9.17) is 10.00 Å². The number of ether oxygens (including phenoxy) is 1. The third-order valence-corrected chi connectivity index (χ3v) is 5.73. The molecule has 1 aliphatic rings. The summed E-state index contributed by atoms with van der Waals surface area (Å²) in [6, 6.07) is 11.8. The molecule has 0 saturated carbocycles. The standard InChI is InChI=1S/C24H26N6O2/c1-16-10-22(28-24-7-4-18(12-25)13-26-24)21-11-19(5-6-23(21)30(16)17(2)31)20-14-27-29(15-20)8-9-32-3/h4-7,11,13-16,22H,8-10H2,1-3H3,(H,26,28). The Balaban J connectivity index is 1.70. The van der Waals surface area contributed by atoms with E-state index in [1.807, 2.05) is 40.2 Å². The number of amides is 1. The fourth-order valence-electron chi connectivity index (χ4n) is 4.20. The number of carbonyl (C=O) groups excluding carboxylic acids is 1. The van der Waals surface area contributed by atoms with E-state index in [0.29, 0.717) is 24.5 Å². The monoisotopic (exact) mass is 430 g/mol. The second-order valence-corrected chi connectivity index (χ2v) is 7.97. The number of anilines is 2. The topological polar surface area (TPSA) is 96.1 Å². The van der Waals surface area contributed by atoms with Crippen molar-refractivity contribution in [3.63, 3.8) is 0 Å². The van der Waals surface area contributed by atoms with Crippen LogP contribution in [0.2, 0.25) is 0 Å². The molecule has 1 aromatic carbocycles. The zero-order chi connectivity index (χ0) is 22.7. The Morgan fingerprint density at radius 1 is 1.28 bits per heavy atom. The van der Waals surface area contributed by atoms with Crippen LogP contribution < -0.4 is 10.2 Å². The van der Waals surface area contributed by atoms with Crippen LogP contribution in [0.1, 0.15) is 37.4 Å². The smallest absolute Gasteiger partial charge is 0.224 e. The van der Waals surface area contributed by atoms with Crippen molar-refractivity contribution in [2.24, 2.45) is 0 Å². The average Bonchev–Trinajstić information content (AvgIpc) is 3.26. The summed E-state index contributed by atoms with van der Waals surface area (Å²) in [5.41, 5.74) is 4.49. The van der Waals surface area contributed by atoms with Gasteiger partial charge in [0.2, 0.25) is 5.91 Å². The molecule has 8 heteroatoms. The van der Waals surface area contributed by atoms with Crippen molar-refractivity contribution in [3.05, 3.63) is 60.0 Å². The number of pyridine rings is 1. The van der Waals surface area contributed by atoms with Crippen LogP contribution in [0.5, 0.6) is 0 Å². The molecule has 32 heavy (non-hydrogen) atoms. The highest BCUT2D eigenvalue weighted by Crippen LogP contribution is 2.40. The number of rotatable bonds is 6. The number of aromatic nitrogens is 3. The molecule has 3 aromatic rings.